The van der Waals surface area contributed by atoms with Crippen molar-refractivity contribution in [3.8, 4) is 0 Å². The van der Waals surface area contributed by atoms with E-state index in [0.29, 0.717) is 34.9 Å². The molecule has 26 heavy (non-hydrogen) atoms. The van der Waals surface area contributed by atoms with Gasteiger partial charge < -0.3 is 10.3 Å². The number of carbonyl (C=O) groups is 2. The maximum absolute atomic E-state index is 13.5. The van der Waals surface area contributed by atoms with Gasteiger partial charge in [0, 0.05) is 34.6 Å². The molecule has 0 unspecified atom stereocenters. The number of benzene rings is 2. The molecule has 0 aliphatic heterocycles. The zero-order valence-electron chi connectivity index (χ0n) is 14.3. The van der Waals surface area contributed by atoms with Gasteiger partial charge in [0.15, 0.2) is 0 Å². The summed E-state index contributed by atoms with van der Waals surface area (Å²) < 4.78 is 13.5. The zero-order chi connectivity index (χ0) is 18.5. The number of aromatic nitrogens is 1. The second-order valence-corrected chi connectivity index (χ2v) is 7.00. The molecular formula is C20H19FN2O2S. The van der Waals surface area contributed by atoms with E-state index < -0.39 is 11.7 Å². The highest BCUT2D eigenvalue weighted by atomic mass is 32.2. The SMILES string of the molecule is Cc1[nH]c2ccccc2c1C(=O)C(=O)NCCSCc1ccccc1F. The molecule has 134 valence electrons. The lowest BCUT2D eigenvalue weighted by Crippen LogP contribution is -2.32. The Kier molecular flexibility index (Phi) is 5.73. The Labute approximate surface area is 155 Å². The number of H-pyrrole nitrogens is 1. The van der Waals surface area contributed by atoms with Crippen molar-refractivity contribution in [1.29, 1.82) is 0 Å². The van der Waals surface area contributed by atoms with E-state index in [2.05, 4.69) is 10.3 Å². The molecule has 3 aromatic rings. The number of hydrogen-bond acceptors (Lipinski definition) is 3. The lowest BCUT2D eigenvalue weighted by Gasteiger charge is -2.06. The van der Waals surface area contributed by atoms with Crippen LogP contribution in [0.4, 0.5) is 4.39 Å². The molecular weight excluding hydrogens is 351 g/mol. The van der Waals surface area contributed by atoms with Gasteiger partial charge >= 0.3 is 0 Å². The Morgan fingerprint density at radius 3 is 2.65 bits per heavy atom. The third kappa shape index (κ3) is 3.96. The van der Waals surface area contributed by atoms with Crippen molar-refractivity contribution < 1.29 is 14.0 Å². The fourth-order valence-electron chi connectivity index (χ4n) is 2.80. The third-order valence-corrected chi connectivity index (χ3v) is 5.08. The number of aromatic amines is 1. The maximum Gasteiger partial charge on any atom is 0.292 e. The number of para-hydroxylation sites is 1. The monoisotopic (exact) mass is 370 g/mol. The molecule has 0 aliphatic rings. The molecule has 1 heterocycles. The first-order valence-corrected chi connectivity index (χ1v) is 9.44. The van der Waals surface area contributed by atoms with Crippen molar-refractivity contribution in [2.45, 2.75) is 12.7 Å². The molecule has 0 fully saturated rings. The Bertz CT molecular complexity index is 952. The number of fused-ring (bicyclic) bond motifs is 1. The van der Waals surface area contributed by atoms with E-state index in [0.717, 1.165) is 10.9 Å². The van der Waals surface area contributed by atoms with Crippen molar-refractivity contribution >= 4 is 34.4 Å². The summed E-state index contributed by atoms with van der Waals surface area (Å²) in [6.07, 6.45) is 0. The standard InChI is InChI=1S/C20H19FN2O2S/c1-13-18(15-7-3-5-9-17(15)23-13)19(24)20(25)22-10-11-26-12-14-6-2-4-8-16(14)21/h2-9,23H,10-12H2,1H3,(H,22,25). The van der Waals surface area contributed by atoms with Gasteiger partial charge in [-0.3, -0.25) is 9.59 Å². The summed E-state index contributed by atoms with van der Waals surface area (Å²) in [4.78, 5) is 27.8. The summed E-state index contributed by atoms with van der Waals surface area (Å²) in [5.41, 5.74) is 2.56. The fourth-order valence-corrected chi connectivity index (χ4v) is 3.64. The van der Waals surface area contributed by atoms with E-state index >= 15 is 0 Å². The number of thioether (sulfide) groups is 1. The minimum absolute atomic E-state index is 0.228. The van der Waals surface area contributed by atoms with E-state index in [4.69, 9.17) is 0 Å². The smallest absolute Gasteiger partial charge is 0.292 e. The molecule has 0 atom stereocenters. The second-order valence-electron chi connectivity index (χ2n) is 5.90. The van der Waals surface area contributed by atoms with Gasteiger partial charge in [0.25, 0.3) is 11.7 Å². The van der Waals surface area contributed by atoms with Crippen LogP contribution in [-0.4, -0.2) is 29.0 Å². The summed E-state index contributed by atoms with van der Waals surface area (Å²) in [5, 5.41) is 3.40. The van der Waals surface area contributed by atoms with Crippen LogP contribution in [-0.2, 0) is 10.5 Å². The van der Waals surface area contributed by atoms with Crippen molar-refractivity contribution in [1.82, 2.24) is 10.3 Å². The summed E-state index contributed by atoms with van der Waals surface area (Å²) in [5.74, 6) is -0.268. The lowest BCUT2D eigenvalue weighted by molar-refractivity contribution is -0.116. The molecule has 0 saturated heterocycles. The number of hydrogen-bond donors (Lipinski definition) is 2. The Balaban J connectivity index is 1.52. The van der Waals surface area contributed by atoms with Crippen LogP contribution in [0.25, 0.3) is 10.9 Å². The first-order valence-electron chi connectivity index (χ1n) is 8.29. The van der Waals surface area contributed by atoms with Crippen LogP contribution in [0.1, 0.15) is 21.6 Å². The molecule has 3 rings (SSSR count). The topological polar surface area (TPSA) is 62.0 Å². The van der Waals surface area contributed by atoms with E-state index in [1.165, 1.54) is 17.8 Å². The van der Waals surface area contributed by atoms with Crippen molar-refractivity contribution in [3.05, 3.63) is 71.2 Å². The number of carbonyl (C=O) groups excluding carboxylic acids is 2. The predicted octanol–water partition coefficient (Wildman–Crippen LogP) is 3.85. The first kappa shape index (κ1) is 18.2. The molecule has 0 spiro atoms. The number of ketones is 1. The van der Waals surface area contributed by atoms with Crippen LogP contribution >= 0.6 is 11.8 Å². The average Bonchev–Trinajstić information content (AvgIpc) is 2.97. The van der Waals surface area contributed by atoms with Crippen LogP contribution in [0.2, 0.25) is 0 Å². The quantitative estimate of drug-likeness (QED) is 0.377. The Morgan fingerprint density at radius 2 is 1.85 bits per heavy atom. The van der Waals surface area contributed by atoms with E-state index in [1.54, 1.807) is 25.1 Å². The van der Waals surface area contributed by atoms with Crippen LogP contribution in [0, 0.1) is 12.7 Å². The predicted molar refractivity (Wildman–Crippen MR) is 103 cm³/mol. The second kappa shape index (κ2) is 8.19. The molecule has 1 amide bonds. The number of nitrogens with one attached hydrogen (secondary N) is 2. The first-order chi connectivity index (χ1) is 12.6. The molecule has 0 bridgehead atoms. The highest BCUT2D eigenvalue weighted by Gasteiger charge is 2.22. The molecule has 2 N–H and O–H groups in total. The zero-order valence-corrected chi connectivity index (χ0v) is 15.2. The number of rotatable bonds is 7. The maximum atomic E-state index is 13.5. The molecule has 4 nitrogen and oxygen atoms in total. The minimum atomic E-state index is -0.621. The van der Waals surface area contributed by atoms with Crippen molar-refractivity contribution in [2.75, 3.05) is 12.3 Å². The highest BCUT2D eigenvalue weighted by Crippen LogP contribution is 2.22. The summed E-state index contributed by atoms with van der Waals surface area (Å²) >= 11 is 1.51. The van der Waals surface area contributed by atoms with Crippen molar-refractivity contribution in [2.24, 2.45) is 0 Å². The Hall–Kier alpha value is -2.60. The summed E-state index contributed by atoms with van der Waals surface area (Å²) in [6, 6.07) is 14.0. The number of Topliss-reactive ketones (excluding diaryl/α,β-unsaturated/α-hetero) is 1. The van der Waals surface area contributed by atoms with Crippen LogP contribution in [0.3, 0.4) is 0 Å². The van der Waals surface area contributed by atoms with Crippen LogP contribution in [0.5, 0.6) is 0 Å². The molecule has 6 heteroatoms. The number of amides is 1. The third-order valence-electron chi connectivity index (χ3n) is 4.07. The van der Waals surface area contributed by atoms with Gasteiger partial charge in [0.05, 0.1) is 5.56 Å². The van der Waals surface area contributed by atoms with Gasteiger partial charge in [-0.15, -0.1) is 0 Å². The minimum Gasteiger partial charge on any atom is -0.358 e. The van der Waals surface area contributed by atoms with Gasteiger partial charge in [-0.05, 0) is 24.6 Å². The van der Waals surface area contributed by atoms with Crippen molar-refractivity contribution in [3.63, 3.8) is 0 Å². The van der Waals surface area contributed by atoms with Gasteiger partial charge in [-0.1, -0.05) is 36.4 Å². The number of halogens is 1. The lowest BCUT2D eigenvalue weighted by atomic mass is 10.1. The fraction of sp³-hybridized carbons (Fsp3) is 0.200. The summed E-state index contributed by atoms with van der Waals surface area (Å²) in [6.45, 7) is 2.13. The number of aryl methyl sites for hydroxylation is 1. The normalized spacial score (nSPS) is 10.8. The van der Waals surface area contributed by atoms with Gasteiger partial charge in [-0.2, -0.15) is 11.8 Å². The largest absolute Gasteiger partial charge is 0.358 e. The molecule has 2 aromatic carbocycles. The summed E-state index contributed by atoms with van der Waals surface area (Å²) in [7, 11) is 0. The molecule has 0 aliphatic carbocycles. The van der Waals surface area contributed by atoms with E-state index in [-0.39, 0.29) is 5.82 Å². The van der Waals surface area contributed by atoms with Gasteiger partial charge in [-0.25, -0.2) is 4.39 Å². The van der Waals surface area contributed by atoms with E-state index in [9.17, 15) is 14.0 Å². The van der Waals surface area contributed by atoms with Gasteiger partial charge in [0.2, 0.25) is 0 Å². The Morgan fingerprint density at radius 1 is 1.12 bits per heavy atom. The molecule has 0 radical (unpaired) electrons. The highest BCUT2D eigenvalue weighted by molar-refractivity contribution is 7.98. The van der Waals surface area contributed by atoms with Gasteiger partial charge in [0.1, 0.15) is 5.82 Å². The average molecular weight is 370 g/mol. The van der Waals surface area contributed by atoms with E-state index in [1.807, 2.05) is 24.3 Å². The molecule has 1 aromatic heterocycles. The van der Waals surface area contributed by atoms with Crippen LogP contribution < -0.4 is 5.32 Å². The van der Waals surface area contributed by atoms with Crippen LogP contribution in [0.15, 0.2) is 48.5 Å². The molecule has 0 saturated carbocycles.